The molecule has 3 rings (SSSR count). The number of sulfone groups is 1. The molecule has 0 bridgehead atoms. The summed E-state index contributed by atoms with van der Waals surface area (Å²) in [7, 11) is -3.00. The number of benzene rings is 1. The van der Waals surface area contributed by atoms with E-state index in [0.29, 0.717) is 12.0 Å². The van der Waals surface area contributed by atoms with Gasteiger partial charge in [0.1, 0.15) is 5.82 Å². The van der Waals surface area contributed by atoms with Crippen LogP contribution in [0.1, 0.15) is 28.8 Å². The molecule has 1 fully saturated rings. The molecule has 2 heterocycles. The zero-order valence-corrected chi connectivity index (χ0v) is 15.3. The van der Waals surface area contributed by atoms with E-state index in [-0.39, 0.29) is 23.5 Å². The highest BCUT2D eigenvalue weighted by Gasteiger charge is 2.29. The maximum absolute atomic E-state index is 12.2. The third-order valence-corrected chi connectivity index (χ3v) is 6.15. The Labute approximate surface area is 154 Å². The van der Waals surface area contributed by atoms with Crippen molar-refractivity contribution in [3.05, 3.63) is 59.8 Å². The molecule has 1 atom stereocenters. The summed E-state index contributed by atoms with van der Waals surface area (Å²) >= 11 is 0. The molecule has 1 aromatic heterocycles. The molecule has 6 nitrogen and oxygen atoms in total. The summed E-state index contributed by atoms with van der Waals surface area (Å²) in [6, 6.07) is 13.5. The predicted molar refractivity (Wildman–Crippen MR) is 102 cm³/mol. The molecule has 0 aliphatic carbocycles. The Morgan fingerprint density at radius 3 is 2.62 bits per heavy atom. The van der Waals surface area contributed by atoms with E-state index in [0.717, 1.165) is 25.2 Å². The van der Waals surface area contributed by atoms with Crippen LogP contribution < -0.4 is 10.6 Å². The van der Waals surface area contributed by atoms with Gasteiger partial charge in [-0.05, 0) is 37.0 Å². The van der Waals surface area contributed by atoms with Crippen molar-refractivity contribution < 1.29 is 13.2 Å². The SMILES string of the molecule is O=C(NC1CCS(=O)(=O)C1)c1ccc(NCCCc2ccccc2)nc1. The first-order valence-corrected chi connectivity index (χ1v) is 10.6. The van der Waals surface area contributed by atoms with Gasteiger partial charge < -0.3 is 10.6 Å². The number of carbonyl (C=O) groups excluding carboxylic acids is 1. The van der Waals surface area contributed by atoms with Crippen LogP contribution >= 0.6 is 0 Å². The molecule has 1 amide bonds. The van der Waals surface area contributed by atoms with E-state index in [1.807, 2.05) is 18.2 Å². The van der Waals surface area contributed by atoms with Crippen LogP contribution in [0.3, 0.4) is 0 Å². The Morgan fingerprint density at radius 1 is 1.15 bits per heavy atom. The molecule has 138 valence electrons. The zero-order chi connectivity index (χ0) is 18.4. The predicted octanol–water partition coefficient (Wildman–Crippen LogP) is 2.04. The van der Waals surface area contributed by atoms with Crippen LogP contribution in [-0.2, 0) is 16.3 Å². The first kappa shape index (κ1) is 18.4. The lowest BCUT2D eigenvalue weighted by molar-refractivity contribution is 0.0941. The first-order chi connectivity index (χ1) is 12.5. The van der Waals surface area contributed by atoms with Crippen LogP contribution in [-0.4, -0.2) is 43.4 Å². The fourth-order valence-electron chi connectivity index (χ4n) is 2.96. The van der Waals surface area contributed by atoms with E-state index in [1.54, 1.807) is 12.1 Å². The third kappa shape index (κ3) is 5.29. The lowest BCUT2D eigenvalue weighted by Gasteiger charge is -2.11. The molecule has 7 heteroatoms. The third-order valence-electron chi connectivity index (χ3n) is 4.38. The second-order valence-corrected chi connectivity index (χ2v) is 8.75. The van der Waals surface area contributed by atoms with Crippen LogP contribution in [0.25, 0.3) is 0 Å². The Kier molecular flexibility index (Phi) is 5.88. The van der Waals surface area contributed by atoms with Crippen LogP contribution in [0.2, 0.25) is 0 Å². The van der Waals surface area contributed by atoms with E-state index in [4.69, 9.17) is 0 Å². The van der Waals surface area contributed by atoms with Crippen molar-refractivity contribution in [2.24, 2.45) is 0 Å². The van der Waals surface area contributed by atoms with Gasteiger partial charge in [-0.15, -0.1) is 0 Å². The normalized spacial score (nSPS) is 18.4. The molecular weight excluding hydrogens is 350 g/mol. The molecule has 1 aliphatic rings. The summed E-state index contributed by atoms with van der Waals surface area (Å²) in [6.07, 6.45) is 3.98. The molecule has 0 radical (unpaired) electrons. The molecule has 0 saturated carbocycles. The van der Waals surface area contributed by atoms with Gasteiger partial charge in [-0.3, -0.25) is 4.79 Å². The molecule has 26 heavy (non-hydrogen) atoms. The van der Waals surface area contributed by atoms with Gasteiger partial charge in [-0.25, -0.2) is 13.4 Å². The van der Waals surface area contributed by atoms with Gasteiger partial charge in [0.25, 0.3) is 5.91 Å². The number of hydrogen-bond acceptors (Lipinski definition) is 5. The van der Waals surface area contributed by atoms with Crippen molar-refractivity contribution in [1.29, 1.82) is 0 Å². The van der Waals surface area contributed by atoms with Crippen molar-refractivity contribution >= 4 is 21.6 Å². The van der Waals surface area contributed by atoms with Gasteiger partial charge in [0.15, 0.2) is 9.84 Å². The second kappa shape index (κ2) is 8.31. The monoisotopic (exact) mass is 373 g/mol. The van der Waals surface area contributed by atoms with Crippen molar-refractivity contribution in [3.8, 4) is 0 Å². The molecular formula is C19H23N3O3S. The van der Waals surface area contributed by atoms with Gasteiger partial charge in [0.2, 0.25) is 0 Å². The highest BCUT2D eigenvalue weighted by Crippen LogP contribution is 2.13. The van der Waals surface area contributed by atoms with Crippen molar-refractivity contribution in [3.63, 3.8) is 0 Å². The lowest BCUT2D eigenvalue weighted by Crippen LogP contribution is -2.35. The number of pyridine rings is 1. The molecule has 0 spiro atoms. The Morgan fingerprint density at radius 2 is 1.96 bits per heavy atom. The van der Waals surface area contributed by atoms with Crippen LogP contribution in [0.15, 0.2) is 48.7 Å². The minimum Gasteiger partial charge on any atom is -0.370 e. The van der Waals surface area contributed by atoms with Crippen LogP contribution in [0, 0.1) is 0 Å². The number of amides is 1. The van der Waals surface area contributed by atoms with Gasteiger partial charge in [-0.2, -0.15) is 0 Å². The molecule has 1 saturated heterocycles. The number of nitrogens with one attached hydrogen (secondary N) is 2. The van der Waals surface area contributed by atoms with Crippen molar-refractivity contribution in [2.75, 3.05) is 23.4 Å². The standard InChI is InChI=1S/C19H23N3O3S/c23-19(22-17-10-12-26(24,25)14-17)16-8-9-18(21-13-16)20-11-4-7-15-5-2-1-3-6-15/h1-3,5-6,8-9,13,17H,4,7,10-12,14H2,(H,20,21)(H,22,23). The number of carbonyl (C=O) groups is 1. The van der Waals surface area contributed by atoms with E-state index in [9.17, 15) is 13.2 Å². The fraction of sp³-hybridized carbons (Fsp3) is 0.368. The Bertz CT molecular complexity index is 836. The van der Waals surface area contributed by atoms with Crippen molar-refractivity contribution in [1.82, 2.24) is 10.3 Å². The zero-order valence-electron chi connectivity index (χ0n) is 14.5. The molecule has 1 aliphatic heterocycles. The smallest absolute Gasteiger partial charge is 0.253 e. The summed E-state index contributed by atoms with van der Waals surface area (Å²) in [5.41, 5.74) is 1.74. The summed E-state index contributed by atoms with van der Waals surface area (Å²) in [5, 5.41) is 6.00. The molecule has 2 N–H and O–H groups in total. The molecule has 1 aromatic carbocycles. The summed E-state index contributed by atoms with van der Waals surface area (Å²) < 4.78 is 22.9. The number of aromatic nitrogens is 1. The number of rotatable bonds is 7. The highest BCUT2D eigenvalue weighted by atomic mass is 32.2. The Hall–Kier alpha value is -2.41. The first-order valence-electron chi connectivity index (χ1n) is 8.77. The summed E-state index contributed by atoms with van der Waals surface area (Å²) in [5.74, 6) is 0.600. The van der Waals surface area contributed by atoms with Gasteiger partial charge in [-0.1, -0.05) is 30.3 Å². The maximum Gasteiger partial charge on any atom is 0.253 e. The maximum atomic E-state index is 12.2. The average molecular weight is 373 g/mol. The largest absolute Gasteiger partial charge is 0.370 e. The van der Waals surface area contributed by atoms with Gasteiger partial charge in [0.05, 0.1) is 17.1 Å². The Balaban J connectivity index is 1.43. The minimum absolute atomic E-state index is 0.0211. The number of aryl methyl sites for hydroxylation is 1. The number of hydrogen-bond donors (Lipinski definition) is 2. The highest BCUT2D eigenvalue weighted by molar-refractivity contribution is 7.91. The van der Waals surface area contributed by atoms with E-state index in [2.05, 4.69) is 27.8 Å². The molecule has 1 unspecified atom stereocenters. The number of nitrogens with zero attached hydrogens (tertiary/aromatic N) is 1. The van der Waals surface area contributed by atoms with Gasteiger partial charge >= 0.3 is 0 Å². The molecule has 2 aromatic rings. The van der Waals surface area contributed by atoms with Crippen LogP contribution in [0.4, 0.5) is 5.82 Å². The fourth-order valence-corrected chi connectivity index (χ4v) is 4.64. The topological polar surface area (TPSA) is 88.2 Å². The lowest BCUT2D eigenvalue weighted by atomic mass is 10.1. The van der Waals surface area contributed by atoms with E-state index in [1.165, 1.54) is 11.8 Å². The van der Waals surface area contributed by atoms with Crippen molar-refractivity contribution in [2.45, 2.75) is 25.3 Å². The summed E-state index contributed by atoms with van der Waals surface area (Å²) in [4.78, 5) is 16.4. The number of anilines is 1. The summed E-state index contributed by atoms with van der Waals surface area (Å²) in [6.45, 7) is 0.799. The average Bonchev–Trinajstić information content (AvgIpc) is 2.98. The quantitative estimate of drug-likeness (QED) is 0.725. The van der Waals surface area contributed by atoms with Gasteiger partial charge in [0, 0.05) is 18.8 Å². The minimum atomic E-state index is -3.00. The van der Waals surface area contributed by atoms with Crippen LogP contribution in [0.5, 0.6) is 0 Å². The van der Waals surface area contributed by atoms with E-state index >= 15 is 0 Å². The van der Waals surface area contributed by atoms with E-state index < -0.39 is 9.84 Å². The second-order valence-electron chi connectivity index (χ2n) is 6.52.